The van der Waals surface area contributed by atoms with Gasteiger partial charge in [-0.05, 0) is 49.7 Å². The molecule has 2 amide bonds. The van der Waals surface area contributed by atoms with Gasteiger partial charge in [-0.3, -0.25) is 4.98 Å². The number of piperidine rings is 1. The molecular formula is C22H25N5O. The third-order valence-electron chi connectivity index (χ3n) is 6.42. The third-order valence-corrected chi connectivity index (χ3v) is 6.42. The molecule has 2 aliphatic rings. The van der Waals surface area contributed by atoms with Crippen LogP contribution in [-0.2, 0) is 11.8 Å². The highest BCUT2D eigenvalue weighted by molar-refractivity contribution is 5.87. The first-order valence-electron chi connectivity index (χ1n) is 9.96. The number of H-pyrrole nitrogens is 1. The van der Waals surface area contributed by atoms with Crippen molar-refractivity contribution in [3.05, 3.63) is 65.6 Å². The molecule has 6 nitrogen and oxygen atoms in total. The molecule has 3 aromatic rings. The van der Waals surface area contributed by atoms with Crippen LogP contribution in [0.4, 0.5) is 4.79 Å². The third kappa shape index (κ3) is 2.67. The van der Waals surface area contributed by atoms with E-state index in [4.69, 9.17) is 5.73 Å². The van der Waals surface area contributed by atoms with Gasteiger partial charge in [0.1, 0.15) is 0 Å². The van der Waals surface area contributed by atoms with E-state index in [1.165, 1.54) is 10.9 Å². The van der Waals surface area contributed by atoms with Crippen molar-refractivity contribution in [3.8, 4) is 0 Å². The van der Waals surface area contributed by atoms with Crippen molar-refractivity contribution in [3.63, 3.8) is 0 Å². The van der Waals surface area contributed by atoms with E-state index >= 15 is 0 Å². The highest BCUT2D eigenvalue weighted by Gasteiger charge is 2.47. The fourth-order valence-corrected chi connectivity index (χ4v) is 5.13. The Morgan fingerprint density at radius 1 is 1.18 bits per heavy atom. The van der Waals surface area contributed by atoms with E-state index in [0.717, 1.165) is 42.8 Å². The fourth-order valence-electron chi connectivity index (χ4n) is 5.13. The van der Waals surface area contributed by atoms with Crippen LogP contribution >= 0.6 is 0 Å². The molecule has 4 N–H and O–H groups in total. The summed E-state index contributed by atoms with van der Waals surface area (Å²) in [6, 6.07) is 13.9. The quantitative estimate of drug-likeness (QED) is 0.644. The Labute approximate surface area is 164 Å². The van der Waals surface area contributed by atoms with Gasteiger partial charge >= 0.3 is 6.03 Å². The first-order valence-corrected chi connectivity index (χ1v) is 9.96. The zero-order valence-corrected chi connectivity index (χ0v) is 15.8. The van der Waals surface area contributed by atoms with Crippen molar-refractivity contribution >= 4 is 16.9 Å². The summed E-state index contributed by atoms with van der Waals surface area (Å²) in [4.78, 5) is 22.5. The topological polar surface area (TPSA) is 87.0 Å². The lowest BCUT2D eigenvalue weighted by atomic mass is 9.68. The molecule has 2 aliphatic heterocycles. The van der Waals surface area contributed by atoms with Gasteiger partial charge in [0.2, 0.25) is 0 Å². The minimum Gasteiger partial charge on any atom is -0.356 e. The van der Waals surface area contributed by atoms with E-state index in [0.29, 0.717) is 13.0 Å². The van der Waals surface area contributed by atoms with Crippen molar-refractivity contribution in [1.29, 1.82) is 0 Å². The summed E-state index contributed by atoms with van der Waals surface area (Å²) in [5, 5.41) is 4.74. The van der Waals surface area contributed by atoms with Gasteiger partial charge in [-0.2, -0.15) is 0 Å². The van der Waals surface area contributed by atoms with Crippen LogP contribution in [0.3, 0.4) is 0 Å². The van der Waals surface area contributed by atoms with Gasteiger partial charge in [0.15, 0.2) is 0 Å². The second-order valence-electron chi connectivity index (χ2n) is 8.00. The van der Waals surface area contributed by atoms with Gasteiger partial charge in [0, 0.05) is 46.9 Å². The number of nitrogens with one attached hydrogen (secondary N) is 2. The van der Waals surface area contributed by atoms with Crippen LogP contribution in [0.5, 0.6) is 0 Å². The predicted molar refractivity (Wildman–Crippen MR) is 109 cm³/mol. The van der Waals surface area contributed by atoms with E-state index in [1.807, 2.05) is 23.1 Å². The van der Waals surface area contributed by atoms with E-state index in [-0.39, 0.29) is 17.5 Å². The summed E-state index contributed by atoms with van der Waals surface area (Å²) in [5.41, 5.74) is 10.4. The largest absolute Gasteiger partial charge is 0.356 e. The summed E-state index contributed by atoms with van der Waals surface area (Å²) in [5.74, 6) is 0. The average Bonchev–Trinajstić information content (AvgIpc) is 3.12. The van der Waals surface area contributed by atoms with E-state index in [1.54, 1.807) is 6.20 Å². The number of carbonyl (C=O) groups is 1. The number of pyridine rings is 1. The number of hydrogen-bond donors (Lipinski definition) is 3. The van der Waals surface area contributed by atoms with Gasteiger partial charge in [0.25, 0.3) is 0 Å². The standard InChI is InChI=1S/C22H25N5O/c23-21(28)27-14-22(8-11-24-12-9-22)19-16-6-1-2-7-17(16)26-20(19)18(27)13-15-5-3-4-10-25-15/h1-7,10,18,24,26H,8-9,11-14H2,(H2,23,28). The van der Waals surface area contributed by atoms with Gasteiger partial charge in [-0.1, -0.05) is 24.3 Å². The summed E-state index contributed by atoms with van der Waals surface area (Å²) >= 11 is 0. The number of amides is 2. The number of urea groups is 1. The maximum atomic E-state index is 12.5. The number of para-hydroxylation sites is 1. The van der Waals surface area contributed by atoms with Crippen LogP contribution in [0, 0.1) is 0 Å². The number of aromatic nitrogens is 2. The number of nitrogens with zero attached hydrogens (tertiary/aromatic N) is 2. The maximum Gasteiger partial charge on any atom is 0.315 e. The highest BCUT2D eigenvalue weighted by Crippen LogP contribution is 2.48. The Morgan fingerprint density at radius 2 is 1.96 bits per heavy atom. The molecule has 0 radical (unpaired) electrons. The van der Waals surface area contributed by atoms with Crippen LogP contribution in [0.25, 0.3) is 10.9 Å². The number of primary amides is 1. The molecule has 1 aromatic carbocycles. The minimum absolute atomic E-state index is 0.0597. The monoisotopic (exact) mass is 375 g/mol. The second kappa shape index (κ2) is 6.63. The second-order valence-corrected chi connectivity index (χ2v) is 8.00. The van der Waals surface area contributed by atoms with Crippen LogP contribution < -0.4 is 11.1 Å². The van der Waals surface area contributed by atoms with E-state index < -0.39 is 0 Å². The Bertz CT molecular complexity index is 1010. The Balaban J connectivity index is 1.70. The Kier molecular flexibility index (Phi) is 4.09. The molecule has 0 saturated carbocycles. The van der Waals surface area contributed by atoms with Crippen molar-refractivity contribution in [2.24, 2.45) is 5.73 Å². The molecule has 4 heterocycles. The van der Waals surface area contributed by atoms with Crippen LogP contribution in [0.2, 0.25) is 0 Å². The van der Waals surface area contributed by atoms with Gasteiger partial charge < -0.3 is 20.9 Å². The van der Waals surface area contributed by atoms with Crippen LogP contribution in [0.1, 0.15) is 35.8 Å². The lowest BCUT2D eigenvalue weighted by Crippen LogP contribution is -2.55. The lowest BCUT2D eigenvalue weighted by molar-refractivity contribution is 0.126. The maximum absolute atomic E-state index is 12.5. The number of carbonyl (C=O) groups excluding carboxylic acids is 1. The number of aromatic amines is 1. The number of nitrogens with two attached hydrogens (primary N) is 1. The normalized spacial score (nSPS) is 21.0. The molecular weight excluding hydrogens is 350 g/mol. The molecule has 1 fully saturated rings. The molecule has 144 valence electrons. The smallest absolute Gasteiger partial charge is 0.315 e. The summed E-state index contributed by atoms with van der Waals surface area (Å²) < 4.78 is 0. The summed E-state index contributed by atoms with van der Waals surface area (Å²) in [6.45, 7) is 2.57. The van der Waals surface area contributed by atoms with Crippen LogP contribution in [0.15, 0.2) is 48.7 Å². The van der Waals surface area contributed by atoms with Crippen molar-refractivity contribution in [1.82, 2.24) is 20.2 Å². The molecule has 2 aromatic heterocycles. The highest BCUT2D eigenvalue weighted by atomic mass is 16.2. The predicted octanol–water partition coefficient (Wildman–Crippen LogP) is 2.86. The van der Waals surface area contributed by atoms with Crippen molar-refractivity contribution in [2.75, 3.05) is 19.6 Å². The molecule has 6 heteroatoms. The molecule has 1 atom stereocenters. The summed E-state index contributed by atoms with van der Waals surface area (Å²) in [6.07, 6.45) is 4.45. The molecule has 1 saturated heterocycles. The van der Waals surface area contributed by atoms with Crippen molar-refractivity contribution in [2.45, 2.75) is 30.7 Å². The van der Waals surface area contributed by atoms with Gasteiger partial charge in [0.05, 0.1) is 6.04 Å². The average molecular weight is 375 g/mol. The van der Waals surface area contributed by atoms with Crippen molar-refractivity contribution < 1.29 is 4.79 Å². The molecule has 1 spiro atoms. The first-order chi connectivity index (χ1) is 13.7. The molecule has 5 rings (SSSR count). The Morgan fingerprint density at radius 3 is 2.71 bits per heavy atom. The van der Waals surface area contributed by atoms with Gasteiger partial charge in [-0.15, -0.1) is 0 Å². The summed E-state index contributed by atoms with van der Waals surface area (Å²) in [7, 11) is 0. The molecule has 1 unspecified atom stereocenters. The molecule has 0 bridgehead atoms. The van der Waals surface area contributed by atoms with Crippen LogP contribution in [-0.4, -0.2) is 40.5 Å². The lowest BCUT2D eigenvalue weighted by Gasteiger charge is -2.48. The molecule has 28 heavy (non-hydrogen) atoms. The first kappa shape index (κ1) is 17.3. The zero-order valence-electron chi connectivity index (χ0n) is 15.8. The van der Waals surface area contributed by atoms with E-state index in [2.05, 4.69) is 39.6 Å². The zero-order chi connectivity index (χ0) is 19.1. The fraction of sp³-hybridized carbons (Fsp3) is 0.364. The van der Waals surface area contributed by atoms with E-state index in [9.17, 15) is 4.79 Å². The number of rotatable bonds is 2. The van der Waals surface area contributed by atoms with Gasteiger partial charge in [-0.25, -0.2) is 4.79 Å². The number of benzene rings is 1. The minimum atomic E-state index is -0.358. The number of fused-ring (bicyclic) bond motifs is 4. The Hall–Kier alpha value is -2.86. The number of hydrogen-bond acceptors (Lipinski definition) is 3. The molecule has 0 aliphatic carbocycles. The SMILES string of the molecule is NC(=O)N1CC2(CCNCC2)c2c([nH]c3ccccc23)C1Cc1ccccn1.